The Labute approximate surface area is 182 Å². The maximum Gasteiger partial charge on any atom is 0.433 e. The average Bonchev–Trinajstić information content (AvgIpc) is 3.15. The maximum atomic E-state index is 12.9. The van der Waals surface area contributed by atoms with Crippen LogP contribution in [0.5, 0.6) is 0 Å². The Morgan fingerprint density at radius 1 is 1.06 bits per heavy atom. The van der Waals surface area contributed by atoms with Gasteiger partial charge in [-0.15, -0.1) is 0 Å². The number of hydrogen-bond donors (Lipinski definition) is 1. The number of aromatic nitrogens is 2. The van der Waals surface area contributed by atoms with Gasteiger partial charge in [0.05, 0.1) is 12.1 Å². The number of alkyl halides is 3. The first-order valence-corrected chi connectivity index (χ1v) is 10.2. The molecule has 7 nitrogen and oxygen atoms in total. The van der Waals surface area contributed by atoms with Crippen LogP contribution in [0.25, 0.3) is 0 Å². The lowest BCUT2D eigenvalue weighted by molar-refractivity contribution is -0.141. The SMILES string of the molecule is O=C(c1ccc(Cl)cc1)N1CCN([C@H]2CN(c3nccc(C(F)(F)F)n3)C[C@@H]2O)CC1. The van der Waals surface area contributed by atoms with E-state index in [0.29, 0.717) is 43.3 Å². The van der Waals surface area contributed by atoms with Crippen LogP contribution in [-0.4, -0.2) is 82.2 Å². The van der Waals surface area contributed by atoms with Gasteiger partial charge in [0.1, 0.15) is 5.69 Å². The smallest absolute Gasteiger partial charge is 0.390 e. The van der Waals surface area contributed by atoms with Gasteiger partial charge in [-0.1, -0.05) is 11.6 Å². The van der Waals surface area contributed by atoms with E-state index in [1.54, 1.807) is 34.1 Å². The highest BCUT2D eigenvalue weighted by molar-refractivity contribution is 6.30. The Bertz CT molecular complexity index is 935. The van der Waals surface area contributed by atoms with Gasteiger partial charge >= 0.3 is 6.18 Å². The van der Waals surface area contributed by atoms with Crippen molar-refractivity contribution in [3.8, 4) is 0 Å². The first-order chi connectivity index (χ1) is 14.7. The standard InChI is InChI=1S/C20H21ClF3N5O2/c21-14-3-1-13(2-4-14)18(31)28-9-7-27(8-10-28)15-11-29(12-16(15)30)19-25-6-5-17(26-19)20(22,23)24/h1-6,15-16,30H,7-12H2/t15-,16-/m0/s1. The molecule has 1 amide bonds. The number of halogens is 4. The molecule has 0 radical (unpaired) electrons. The Hall–Kier alpha value is -2.43. The van der Waals surface area contributed by atoms with Crippen LogP contribution < -0.4 is 4.90 Å². The number of β-amino-alcohol motifs (C(OH)–C–C–N with tert-alkyl or cyclic N) is 1. The van der Waals surface area contributed by atoms with Gasteiger partial charge in [-0.05, 0) is 30.3 Å². The monoisotopic (exact) mass is 455 g/mol. The van der Waals surface area contributed by atoms with Gasteiger partial charge in [0.15, 0.2) is 0 Å². The first-order valence-electron chi connectivity index (χ1n) is 9.84. The molecule has 2 atom stereocenters. The topological polar surface area (TPSA) is 72.8 Å². The number of nitrogens with zero attached hydrogens (tertiary/aromatic N) is 5. The molecule has 0 bridgehead atoms. The molecule has 2 aliphatic rings. The van der Waals surface area contributed by atoms with Crippen LogP contribution in [0.1, 0.15) is 16.1 Å². The lowest BCUT2D eigenvalue weighted by Gasteiger charge is -2.38. The molecule has 11 heteroatoms. The molecule has 0 spiro atoms. The molecular formula is C20H21ClF3N5O2. The van der Waals surface area contributed by atoms with Crippen molar-refractivity contribution < 1.29 is 23.1 Å². The fourth-order valence-corrected chi connectivity index (χ4v) is 4.11. The molecule has 1 aromatic heterocycles. The molecule has 1 N–H and O–H groups in total. The summed E-state index contributed by atoms with van der Waals surface area (Å²) in [6, 6.07) is 7.26. The molecular weight excluding hydrogens is 435 g/mol. The summed E-state index contributed by atoms with van der Waals surface area (Å²) in [5.74, 6) is -0.129. The third kappa shape index (κ3) is 4.76. The summed E-state index contributed by atoms with van der Waals surface area (Å²) in [6.07, 6.45) is -4.23. The highest BCUT2D eigenvalue weighted by atomic mass is 35.5. The minimum atomic E-state index is -4.55. The van der Waals surface area contributed by atoms with E-state index in [1.807, 2.05) is 0 Å². The van der Waals surface area contributed by atoms with Gasteiger partial charge in [0.25, 0.3) is 5.91 Å². The summed E-state index contributed by atoms with van der Waals surface area (Å²) in [7, 11) is 0. The summed E-state index contributed by atoms with van der Waals surface area (Å²) in [4.78, 5) is 25.6. The molecule has 0 unspecified atom stereocenters. The van der Waals surface area contributed by atoms with Crippen LogP contribution in [0.3, 0.4) is 0 Å². The van der Waals surface area contributed by atoms with Crippen LogP contribution in [0.4, 0.5) is 19.1 Å². The summed E-state index contributed by atoms with van der Waals surface area (Å²) >= 11 is 5.87. The Balaban J connectivity index is 1.37. The van der Waals surface area contributed by atoms with Gasteiger partial charge in [0.2, 0.25) is 5.95 Å². The minimum Gasteiger partial charge on any atom is -0.390 e. The number of carbonyl (C=O) groups is 1. The number of amides is 1. The fraction of sp³-hybridized carbons (Fsp3) is 0.450. The van der Waals surface area contributed by atoms with Crippen molar-refractivity contribution in [2.45, 2.75) is 18.3 Å². The van der Waals surface area contributed by atoms with E-state index in [2.05, 4.69) is 14.9 Å². The van der Waals surface area contributed by atoms with Crippen LogP contribution >= 0.6 is 11.6 Å². The Kier molecular flexibility index (Phi) is 6.05. The van der Waals surface area contributed by atoms with Crippen molar-refractivity contribution in [2.75, 3.05) is 44.2 Å². The first kappa shape index (κ1) is 21.8. The Morgan fingerprint density at radius 2 is 1.74 bits per heavy atom. The number of rotatable bonds is 3. The van der Waals surface area contributed by atoms with Crippen molar-refractivity contribution in [3.05, 3.63) is 52.8 Å². The zero-order chi connectivity index (χ0) is 22.2. The number of piperazine rings is 1. The number of hydrogen-bond acceptors (Lipinski definition) is 6. The predicted octanol–water partition coefficient (Wildman–Crippen LogP) is 2.16. The molecule has 31 heavy (non-hydrogen) atoms. The molecule has 2 saturated heterocycles. The van der Waals surface area contributed by atoms with Crippen molar-refractivity contribution in [2.24, 2.45) is 0 Å². The van der Waals surface area contributed by atoms with Crippen LogP contribution in [0, 0.1) is 0 Å². The number of aliphatic hydroxyl groups excluding tert-OH is 1. The molecule has 0 saturated carbocycles. The number of anilines is 1. The van der Waals surface area contributed by atoms with Crippen LogP contribution in [0.2, 0.25) is 5.02 Å². The highest BCUT2D eigenvalue weighted by Crippen LogP contribution is 2.29. The largest absolute Gasteiger partial charge is 0.433 e. The Morgan fingerprint density at radius 3 is 2.39 bits per heavy atom. The lowest BCUT2D eigenvalue weighted by Crippen LogP contribution is -2.54. The van der Waals surface area contributed by atoms with E-state index in [-0.39, 0.29) is 24.4 Å². The molecule has 166 valence electrons. The fourth-order valence-electron chi connectivity index (χ4n) is 3.98. The maximum absolute atomic E-state index is 12.9. The van der Waals surface area contributed by atoms with E-state index >= 15 is 0 Å². The molecule has 2 aromatic rings. The second-order valence-electron chi connectivity index (χ2n) is 7.61. The molecule has 2 aliphatic heterocycles. The van der Waals surface area contributed by atoms with Gasteiger partial charge in [0, 0.05) is 56.1 Å². The number of aliphatic hydroxyl groups is 1. The molecule has 1 aromatic carbocycles. The van der Waals surface area contributed by atoms with Gasteiger partial charge in [-0.2, -0.15) is 13.2 Å². The third-order valence-corrected chi connectivity index (χ3v) is 5.89. The molecule has 4 rings (SSSR count). The minimum absolute atomic E-state index is 0.0482. The van der Waals surface area contributed by atoms with Crippen LogP contribution in [-0.2, 0) is 6.18 Å². The normalized spacial score (nSPS) is 22.7. The van der Waals surface area contributed by atoms with Crippen molar-refractivity contribution in [1.82, 2.24) is 19.8 Å². The third-order valence-electron chi connectivity index (χ3n) is 5.64. The van der Waals surface area contributed by atoms with E-state index in [9.17, 15) is 23.1 Å². The summed E-state index contributed by atoms with van der Waals surface area (Å²) in [5, 5.41) is 11.1. The van der Waals surface area contributed by atoms with Gasteiger partial charge in [-0.25, -0.2) is 9.97 Å². The summed E-state index contributed by atoms with van der Waals surface area (Å²) < 4.78 is 38.8. The van der Waals surface area contributed by atoms with E-state index in [4.69, 9.17) is 11.6 Å². The molecule has 2 fully saturated rings. The highest BCUT2D eigenvalue weighted by Gasteiger charge is 2.39. The quantitative estimate of drug-likeness (QED) is 0.764. The second kappa shape index (κ2) is 8.60. The summed E-state index contributed by atoms with van der Waals surface area (Å²) in [5.41, 5.74) is -0.448. The second-order valence-corrected chi connectivity index (χ2v) is 8.05. The number of carbonyl (C=O) groups excluding carboxylic acids is 1. The van der Waals surface area contributed by atoms with Gasteiger partial charge in [-0.3, -0.25) is 9.69 Å². The van der Waals surface area contributed by atoms with E-state index in [1.165, 1.54) is 0 Å². The lowest BCUT2D eigenvalue weighted by atomic mass is 10.1. The van der Waals surface area contributed by atoms with Crippen LogP contribution in [0.15, 0.2) is 36.5 Å². The zero-order valence-electron chi connectivity index (χ0n) is 16.5. The molecule has 0 aliphatic carbocycles. The van der Waals surface area contributed by atoms with E-state index in [0.717, 1.165) is 12.3 Å². The summed E-state index contributed by atoms with van der Waals surface area (Å²) in [6.45, 7) is 2.55. The molecule has 3 heterocycles. The van der Waals surface area contributed by atoms with Crippen molar-refractivity contribution in [1.29, 1.82) is 0 Å². The number of benzene rings is 1. The van der Waals surface area contributed by atoms with Crippen molar-refractivity contribution >= 4 is 23.5 Å². The predicted molar refractivity (Wildman–Crippen MR) is 108 cm³/mol. The van der Waals surface area contributed by atoms with Gasteiger partial charge < -0.3 is 14.9 Å². The van der Waals surface area contributed by atoms with E-state index < -0.39 is 18.0 Å². The average molecular weight is 456 g/mol. The van der Waals surface area contributed by atoms with Crippen molar-refractivity contribution in [3.63, 3.8) is 0 Å². The zero-order valence-corrected chi connectivity index (χ0v) is 17.2.